The maximum atomic E-state index is 11.8. The van der Waals surface area contributed by atoms with Crippen molar-refractivity contribution in [3.63, 3.8) is 0 Å². The van der Waals surface area contributed by atoms with Crippen molar-refractivity contribution in [3.05, 3.63) is 28.7 Å². The summed E-state index contributed by atoms with van der Waals surface area (Å²) in [6.07, 6.45) is 1.04. The van der Waals surface area contributed by atoms with Crippen molar-refractivity contribution < 1.29 is 14.3 Å². The van der Waals surface area contributed by atoms with Crippen LogP contribution in [0.15, 0.2) is 28.7 Å². The number of benzene rings is 1. The lowest BCUT2D eigenvalue weighted by molar-refractivity contribution is -0.140. The molecule has 0 unspecified atom stereocenters. The fourth-order valence-corrected chi connectivity index (χ4v) is 2.09. The largest absolute Gasteiger partial charge is 0.469 e. The molecular formula is C14H19BrN2O3. The third-order valence-electron chi connectivity index (χ3n) is 2.67. The zero-order valence-electron chi connectivity index (χ0n) is 11.7. The van der Waals surface area contributed by atoms with Crippen molar-refractivity contribution in [2.24, 2.45) is 0 Å². The molecule has 0 saturated heterocycles. The Morgan fingerprint density at radius 3 is 2.80 bits per heavy atom. The van der Waals surface area contributed by atoms with Gasteiger partial charge in [-0.1, -0.05) is 22.0 Å². The molecular weight excluding hydrogens is 324 g/mol. The monoisotopic (exact) mass is 342 g/mol. The molecule has 0 atom stereocenters. The first-order valence-corrected chi connectivity index (χ1v) is 7.11. The van der Waals surface area contributed by atoms with Gasteiger partial charge in [0, 0.05) is 16.6 Å². The second-order valence-corrected chi connectivity index (χ2v) is 5.39. The fourth-order valence-electron chi connectivity index (χ4n) is 1.69. The first-order valence-electron chi connectivity index (χ1n) is 6.32. The normalized spacial score (nSPS) is 10.4. The van der Waals surface area contributed by atoms with Gasteiger partial charge in [-0.15, -0.1) is 0 Å². The molecule has 20 heavy (non-hydrogen) atoms. The summed E-state index contributed by atoms with van der Waals surface area (Å²) in [5, 5.41) is 2.82. The van der Waals surface area contributed by atoms with E-state index >= 15 is 0 Å². The van der Waals surface area contributed by atoms with E-state index in [9.17, 15) is 9.59 Å². The quantitative estimate of drug-likeness (QED) is 0.772. The van der Waals surface area contributed by atoms with Gasteiger partial charge in [0.25, 0.3) is 0 Å². The third-order valence-corrected chi connectivity index (χ3v) is 3.16. The molecule has 0 aliphatic carbocycles. The number of halogens is 1. The lowest BCUT2D eigenvalue weighted by atomic mass is 10.3. The Kier molecular flexibility index (Phi) is 7.25. The number of carbonyl (C=O) groups excluding carboxylic acids is 2. The van der Waals surface area contributed by atoms with Crippen molar-refractivity contribution in [2.45, 2.75) is 12.8 Å². The number of nitrogens with zero attached hydrogens (tertiary/aromatic N) is 1. The van der Waals surface area contributed by atoms with Gasteiger partial charge in [-0.25, -0.2) is 0 Å². The molecule has 6 heteroatoms. The molecule has 0 heterocycles. The van der Waals surface area contributed by atoms with E-state index in [1.165, 1.54) is 7.11 Å². The van der Waals surface area contributed by atoms with Crippen molar-refractivity contribution in [1.29, 1.82) is 0 Å². The van der Waals surface area contributed by atoms with Crippen LogP contribution in [-0.4, -0.2) is 44.0 Å². The van der Waals surface area contributed by atoms with Gasteiger partial charge in [-0.3, -0.25) is 14.5 Å². The van der Waals surface area contributed by atoms with Crippen LogP contribution in [0, 0.1) is 0 Å². The molecule has 0 spiro atoms. The topological polar surface area (TPSA) is 58.6 Å². The minimum Gasteiger partial charge on any atom is -0.469 e. The van der Waals surface area contributed by atoms with Crippen LogP contribution in [0.4, 0.5) is 5.69 Å². The molecule has 0 bridgehead atoms. The number of hydrogen-bond acceptors (Lipinski definition) is 4. The Morgan fingerprint density at radius 1 is 1.40 bits per heavy atom. The number of amides is 1. The number of ether oxygens (including phenoxy) is 1. The molecule has 0 aliphatic rings. The predicted molar refractivity (Wildman–Crippen MR) is 81.5 cm³/mol. The Bertz CT molecular complexity index is 465. The first-order chi connectivity index (χ1) is 9.51. The summed E-state index contributed by atoms with van der Waals surface area (Å²) < 4.78 is 5.48. The van der Waals surface area contributed by atoms with Gasteiger partial charge in [0.2, 0.25) is 5.91 Å². The van der Waals surface area contributed by atoms with Crippen molar-refractivity contribution >= 4 is 33.5 Å². The summed E-state index contributed by atoms with van der Waals surface area (Å²) in [4.78, 5) is 24.7. The summed E-state index contributed by atoms with van der Waals surface area (Å²) in [7, 11) is 3.22. The van der Waals surface area contributed by atoms with Gasteiger partial charge in [-0.05, 0) is 38.2 Å². The van der Waals surface area contributed by atoms with Crippen molar-refractivity contribution in [3.8, 4) is 0 Å². The van der Waals surface area contributed by atoms with E-state index < -0.39 is 0 Å². The zero-order chi connectivity index (χ0) is 15.0. The lowest BCUT2D eigenvalue weighted by Crippen LogP contribution is -2.31. The SMILES string of the molecule is COC(=O)CCCN(C)CC(=O)Nc1cccc(Br)c1. The molecule has 1 N–H and O–H groups in total. The number of rotatable bonds is 7. The van der Waals surface area contributed by atoms with Gasteiger partial charge >= 0.3 is 5.97 Å². The van der Waals surface area contributed by atoms with Crippen LogP contribution in [0.3, 0.4) is 0 Å². The number of nitrogens with one attached hydrogen (secondary N) is 1. The highest BCUT2D eigenvalue weighted by atomic mass is 79.9. The van der Waals surface area contributed by atoms with E-state index in [2.05, 4.69) is 26.0 Å². The molecule has 0 aromatic heterocycles. The van der Waals surface area contributed by atoms with Crippen molar-refractivity contribution in [1.82, 2.24) is 4.90 Å². The maximum Gasteiger partial charge on any atom is 0.305 e. The molecule has 1 aromatic carbocycles. The van der Waals surface area contributed by atoms with E-state index in [-0.39, 0.29) is 18.4 Å². The summed E-state index contributed by atoms with van der Waals surface area (Å²) in [6, 6.07) is 7.43. The number of esters is 1. The van der Waals surface area contributed by atoms with Crippen LogP contribution in [0.1, 0.15) is 12.8 Å². The smallest absolute Gasteiger partial charge is 0.305 e. The Balaban J connectivity index is 2.29. The van der Waals surface area contributed by atoms with Gasteiger partial charge in [0.05, 0.1) is 13.7 Å². The Morgan fingerprint density at radius 2 is 2.15 bits per heavy atom. The van der Waals surface area contributed by atoms with Crippen LogP contribution in [0.2, 0.25) is 0 Å². The van der Waals surface area contributed by atoms with Gasteiger partial charge < -0.3 is 10.1 Å². The molecule has 0 fully saturated rings. The average Bonchev–Trinajstić information content (AvgIpc) is 2.38. The number of likely N-dealkylation sites (N-methyl/N-ethyl adjacent to an activating group) is 1. The second-order valence-electron chi connectivity index (χ2n) is 4.48. The average molecular weight is 343 g/mol. The van der Waals surface area contributed by atoms with E-state index in [1.807, 2.05) is 36.2 Å². The van der Waals surface area contributed by atoms with Gasteiger partial charge in [0.1, 0.15) is 0 Å². The van der Waals surface area contributed by atoms with Crippen LogP contribution < -0.4 is 5.32 Å². The predicted octanol–water partition coefficient (Wildman–Crippen LogP) is 2.27. The van der Waals surface area contributed by atoms with E-state index in [0.717, 1.165) is 10.2 Å². The highest BCUT2D eigenvalue weighted by Crippen LogP contribution is 2.15. The Labute approximate surface area is 127 Å². The summed E-state index contributed by atoms with van der Waals surface area (Å²) in [5.41, 5.74) is 0.757. The molecule has 1 amide bonds. The minimum atomic E-state index is -0.225. The van der Waals surface area contributed by atoms with E-state index in [0.29, 0.717) is 19.4 Å². The summed E-state index contributed by atoms with van der Waals surface area (Å²) in [5.74, 6) is -0.305. The number of carbonyl (C=O) groups is 2. The molecule has 0 saturated carbocycles. The highest BCUT2D eigenvalue weighted by Gasteiger charge is 2.08. The molecule has 1 rings (SSSR count). The van der Waals surface area contributed by atoms with Crippen LogP contribution >= 0.6 is 15.9 Å². The third kappa shape index (κ3) is 6.68. The fraction of sp³-hybridized carbons (Fsp3) is 0.429. The molecule has 0 aliphatic heterocycles. The number of hydrogen-bond donors (Lipinski definition) is 1. The molecule has 0 radical (unpaired) electrons. The zero-order valence-corrected chi connectivity index (χ0v) is 13.3. The highest BCUT2D eigenvalue weighted by molar-refractivity contribution is 9.10. The summed E-state index contributed by atoms with van der Waals surface area (Å²) in [6.45, 7) is 0.953. The first kappa shape index (κ1) is 16.7. The minimum absolute atomic E-state index is 0.0799. The van der Waals surface area contributed by atoms with Crippen LogP contribution in [0.25, 0.3) is 0 Å². The van der Waals surface area contributed by atoms with Crippen LogP contribution in [0.5, 0.6) is 0 Å². The standard InChI is InChI=1S/C14H19BrN2O3/c1-17(8-4-7-14(19)20-2)10-13(18)16-12-6-3-5-11(15)9-12/h3,5-6,9H,4,7-8,10H2,1-2H3,(H,16,18). The number of methoxy groups -OCH3 is 1. The molecule has 110 valence electrons. The van der Waals surface area contributed by atoms with Gasteiger partial charge in [0.15, 0.2) is 0 Å². The second kappa shape index (κ2) is 8.71. The number of anilines is 1. The maximum absolute atomic E-state index is 11.8. The molecule has 5 nitrogen and oxygen atoms in total. The van der Waals surface area contributed by atoms with Crippen LogP contribution in [-0.2, 0) is 14.3 Å². The van der Waals surface area contributed by atoms with Crippen molar-refractivity contribution in [2.75, 3.05) is 32.6 Å². The lowest BCUT2D eigenvalue weighted by Gasteiger charge is -2.15. The van der Waals surface area contributed by atoms with Gasteiger partial charge in [-0.2, -0.15) is 0 Å². The molecule has 1 aromatic rings. The Hall–Kier alpha value is -1.40. The van der Waals surface area contributed by atoms with E-state index in [1.54, 1.807) is 0 Å². The summed E-state index contributed by atoms with van der Waals surface area (Å²) >= 11 is 3.35. The van der Waals surface area contributed by atoms with E-state index in [4.69, 9.17) is 0 Å².